The molecule has 1 fully saturated rings. The van der Waals surface area contributed by atoms with Crippen LogP contribution < -0.4 is 22.1 Å². The van der Waals surface area contributed by atoms with Crippen molar-refractivity contribution in [3.05, 3.63) is 36.0 Å². The van der Waals surface area contributed by atoms with Crippen LogP contribution in [0.1, 0.15) is 37.7 Å². The van der Waals surface area contributed by atoms with Gasteiger partial charge in [0.1, 0.15) is 18.6 Å². The Balaban J connectivity index is 1.79. The molecule has 0 saturated carbocycles. The van der Waals surface area contributed by atoms with Crippen LogP contribution >= 0.6 is 0 Å². The number of nitrogens with zero attached hydrogens (tertiary/aromatic N) is 1. The lowest BCUT2D eigenvalue weighted by Crippen LogP contribution is -2.56. The van der Waals surface area contributed by atoms with E-state index in [-0.39, 0.29) is 6.42 Å². The van der Waals surface area contributed by atoms with Crippen LogP contribution in [0.25, 0.3) is 10.9 Å². The van der Waals surface area contributed by atoms with Crippen LogP contribution in [-0.2, 0) is 25.6 Å². The van der Waals surface area contributed by atoms with E-state index in [4.69, 9.17) is 16.6 Å². The van der Waals surface area contributed by atoms with Crippen molar-refractivity contribution in [3.8, 4) is 0 Å². The van der Waals surface area contributed by atoms with Crippen LogP contribution in [0.15, 0.2) is 30.5 Å². The highest BCUT2D eigenvalue weighted by Gasteiger charge is 2.38. The second-order valence-corrected chi connectivity index (χ2v) is 8.82. The summed E-state index contributed by atoms with van der Waals surface area (Å²) in [6, 6.07) is 5.14. The van der Waals surface area contributed by atoms with Crippen molar-refractivity contribution in [1.82, 2.24) is 20.5 Å². The smallest absolute Gasteiger partial charge is 0.322 e. The molecule has 0 bridgehead atoms. The Hall–Kier alpha value is -3.44. The third kappa shape index (κ3) is 6.80. The molecular weight excluding hydrogens is 452 g/mol. The molecule has 1 aromatic heterocycles. The second kappa shape index (κ2) is 12.3. The standard InChI is InChI=1S/C24H34N6O5/c25-10-4-3-7-17(26)22(33)29-19(12-15-13-27-18-8-2-1-6-16(15)18)24(35)30-11-5-9-20(30)23(34)28-14-21(31)32/h1-2,6,8,13,17,19-20,27H,3-5,7,9-12,14,25-26H2,(H,28,34)(H,29,33)(H,31,32). The minimum absolute atomic E-state index is 0.212. The Kier molecular flexibility index (Phi) is 9.21. The van der Waals surface area contributed by atoms with Crippen LogP contribution in [0.5, 0.6) is 0 Å². The van der Waals surface area contributed by atoms with Gasteiger partial charge in [0.25, 0.3) is 0 Å². The number of likely N-dealkylation sites (tertiary alicyclic amines) is 1. The van der Waals surface area contributed by atoms with E-state index in [2.05, 4.69) is 15.6 Å². The number of carboxylic acids is 1. The van der Waals surface area contributed by atoms with Crippen molar-refractivity contribution in [2.45, 2.75) is 56.7 Å². The number of unbranched alkanes of at least 4 members (excludes halogenated alkanes) is 1. The number of carbonyl (C=O) groups excluding carboxylic acids is 3. The molecular formula is C24H34N6O5. The summed E-state index contributed by atoms with van der Waals surface area (Å²) in [6.07, 6.45) is 4.93. The Labute approximate surface area is 203 Å². The van der Waals surface area contributed by atoms with Crippen LogP contribution in [0.2, 0.25) is 0 Å². The summed E-state index contributed by atoms with van der Waals surface area (Å²) in [6.45, 7) is 0.327. The van der Waals surface area contributed by atoms with E-state index in [9.17, 15) is 19.2 Å². The third-order valence-corrected chi connectivity index (χ3v) is 6.27. The first-order valence-corrected chi connectivity index (χ1v) is 11.9. The summed E-state index contributed by atoms with van der Waals surface area (Å²) in [7, 11) is 0. The van der Waals surface area contributed by atoms with Crippen LogP contribution in [0.4, 0.5) is 0 Å². The predicted molar refractivity (Wildman–Crippen MR) is 130 cm³/mol. The van der Waals surface area contributed by atoms with Crippen molar-refractivity contribution in [3.63, 3.8) is 0 Å². The molecule has 0 aliphatic carbocycles. The molecule has 2 aromatic rings. The fraction of sp³-hybridized carbons (Fsp3) is 0.500. The van der Waals surface area contributed by atoms with Gasteiger partial charge in [-0.1, -0.05) is 24.6 Å². The molecule has 3 amide bonds. The number of hydrogen-bond acceptors (Lipinski definition) is 6. The number of aromatic nitrogens is 1. The molecule has 1 aliphatic heterocycles. The molecule has 0 radical (unpaired) electrons. The molecule has 1 aliphatic rings. The van der Waals surface area contributed by atoms with Crippen LogP contribution in [0.3, 0.4) is 0 Å². The number of hydrogen-bond donors (Lipinski definition) is 6. The molecule has 35 heavy (non-hydrogen) atoms. The number of aliphatic carboxylic acids is 1. The lowest BCUT2D eigenvalue weighted by molar-refractivity contribution is -0.142. The molecule has 11 heteroatoms. The van der Waals surface area contributed by atoms with Gasteiger partial charge in [-0.3, -0.25) is 19.2 Å². The summed E-state index contributed by atoms with van der Waals surface area (Å²) < 4.78 is 0. The molecule has 0 spiro atoms. The summed E-state index contributed by atoms with van der Waals surface area (Å²) in [5.41, 5.74) is 13.3. The summed E-state index contributed by atoms with van der Waals surface area (Å²) in [4.78, 5) is 54.5. The van der Waals surface area contributed by atoms with Crippen molar-refractivity contribution in [2.75, 3.05) is 19.6 Å². The zero-order valence-electron chi connectivity index (χ0n) is 19.7. The first-order valence-electron chi connectivity index (χ1n) is 11.9. The van der Waals surface area contributed by atoms with Gasteiger partial charge in [-0.15, -0.1) is 0 Å². The topological polar surface area (TPSA) is 184 Å². The van der Waals surface area contributed by atoms with Crippen LogP contribution in [0, 0.1) is 0 Å². The molecule has 1 aromatic carbocycles. The first-order chi connectivity index (χ1) is 16.8. The Morgan fingerprint density at radius 1 is 1.20 bits per heavy atom. The summed E-state index contributed by atoms with van der Waals surface area (Å²) >= 11 is 0. The first kappa shape index (κ1) is 26.2. The minimum atomic E-state index is -1.16. The molecule has 1 saturated heterocycles. The molecule has 2 heterocycles. The molecule has 3 atom stereocenters. The monoisotopic (exact) mass is 486 g/mol. The number of H-pyrrole nitrogens is 1. The SMILES string of the molecule is NCCCCC(N)C(=O)NC(Cc1c[nH]c2ccccc12)C(=O)N1CCCC1C(=O)NCC(=O)O. The number of aromatic amines is 1. The van der Waals surface area contributed by atoms with Gasteiger partial charge in [-0.05, 0) is 43.9 Å². The zero-order valence-corrected chi connectivity index (χ0v) is 19.7. The number of amides is 3. The normalized spacial score (nSPS) is 17.2. The van der Waals surface area contributed by atoms with E-state index in [1.807, 2.05) is 24.3 Å². The molecule has 8 N–H and O–H groups in total. The highest BCUT2D eigenvalue weighted by molar-refractivity contribution is 5.95. The maximum Gasteiger partial charge on any atom is 0.322 e. The fourth-order valence-corrected chi connectivity index (χ4v) is 4.42. The van der Waals surface area contributed by atoms with Gasteiger partial charge >= 0.3 is 5.97 Å². The lowest BCUT2D eigenvalue weighted by atomic mass is 10.0. The lowest BCUT2D eigenvalue weighted by Gasteiger charge is -2.29. The maximum absolute atomic E-state index is 13.6. The van der Waals surface area contributed by atoms with E-state index in [1.165, 1.54) is 4.90 Å². The van der Waals surface area contributed by atoms with E-state index in [0.717, 1.165) is 22.9 Å². The number of para-hydroxylation sites is 1. The quantitative estimate of drug-likeness (QED) is 0.225. The third-order valence-electron chi connectivity index (χ3n) is 6.27. The summed E-state index contributed by atoms with van der Waals surface area (Å²) in [5.74, 6) is -2.52. The van der Waals surface area contributed by atoms with Crippen molar-refractivity contribution < 1.29 is 24.3 Å². The van der Waals surface area contributed by atoms with Crippen molar-refractivity contribution in [1.29, 1.82) is 0 Å². The summed E-state index contributed by atoms with van der Waals surface area (Å²) in [5, 5.41) is 15.0. The maximum atomic E-state index is 13.6. The van der Waals surface area contributed by atoms with E-state index in [0.29, 0.717) is 38.8 Å². The number of carboxylic acid groups (broad SMARTS) is 1. The highest BCUT2D eigenvalue weighted by Crippen LogP contribution is 2.23. The number of carbonyl (C=O) groups is 4. The Bertz CT molecular complexity index is 1050. The molecule has 190 valence electrons. The number of nitrogens with one attached hydrogen (secondary N) is 3. The van der Waals surface area contributed by atoms with Gasteiger partial charge in [0.05, 0.1) is 6.04 Å². The van der Waals surface area contributed by atoms with Gasteiger partial charge in [0.15, 0.2) is 0 Å². The number of nitrogens with two attached hydrogens (primary N) is 2. The van der Waals surface area contributed by atoms with E-state index in [1.54, 1.807) is 6.20 Å². The van der Waals surface area contributed by atoms with Crippen molar-refractivity contribution >= 4 is 34.6 Å². The number of rotatable bonds is 12. The number of benzene rings is 1. The Morgan fingerprint density at radius 3 is 2.71 bits per heavy atom. The van der Waals surface area contributed by atoms with Gasteiger partial charge in [-0.2, -0.15) is 0 Å². The Morgan fingerprint density at radius 2 is 1.97 bits per heavy atom. The predicted octanol–water partition coefficient (Wildman–Crippen LogP) is -0.157. The van der Waals surface area contributed by atoms with E-state index >= 15 is 0 Å². The van der Waals surface area contributed by atoms with Crippen LogP contribution in [-0.4, -0.2) is 76.4 Å². The van der Waals surface area contributed by atoms with E-state index < -0.39 is 48.4 Å². The minimum Gasteiger partial charge on any atom is -0.480 e. The fourth-order valence-electron chi connectivity index (χ4n) is 4.42. The molecule has 3 unspecified atom stereocenters. The highest BCUT2D eigenvalue weighted by atomic mass is 16.4. The zero-order chi connectivity index (χ0) is 25.4. The molecule has 3 rings (SSSR count). The largest absolute Gasteiger partial charge is 0.480 e. The average Bonchev–Trinajstić information content (AvgIpc) is 3.49. The van der Waals surface area contributed by atoms with Gasteiger partial charge in [0, 0.05) is 30.1 Å². The van der Waals surface area contributed by atoms with Gasteiger partial charge in [0.2, 0.25) is 17.7 Å². The van der Waals surface area contributed by atoms with Gasteiger partial charge in [-0.25, -0.2) is 0 Å². The average molecular weight is 487 g/mol. The van der Waals surface area contributed by atoms with Crippen molar-refractivity contribution in [2.24, 2.45) is 11.5 Å². The van der Waals surface area contributed by atoms with Gasteiger partial charge < -0.3 is 37.1 Å². The number of fused-ring (bicyclic) bond motifs is 1. The molecule has 11 nitrogen and oxygen atoms in total. The second-order valence-electron chi connectivity index (χ2n) is 8.82.